The molecule has 33 heavy (non-hydrogen) atoms. The molecule has 0 amide bonds. The number of pyridine rings is 1. The molecule has 0 N–H and O–H groups in total. The fraction of sp³-hybridized carbons (Fsp3) is 0.250. The number of hydrogen-bond donors (Lipinski definition) is 0. The molecule has 4 rings (SSSR count). The van der Waals surface area contributed by atoms with Crippen molar-refractivity contribution in [3.8, 4) is 28.6 Å². The molecule has 0 radical (unpaired) electrons. The van der Waals surface area contributed by atoms with E-state index >= 15 is 0 Å². The van der Waals surface area contributed by atoms with Crippen molar-refractivity contribution in [2.45, 2.75) is 32.3 Å². The van der Waals surface area contributed by atoms with E-state index in [1.807, 2.05) is 13.1 Å². The van der Waals surface area contributed by atoms with Gasteiger partial charge >= 0.3 is 12.4 Å². The van der Waals surface area contributed by atoms with Crippen molar-refractivity contribution in [1.82, 2.24) is 19.5 Å². The van der Waals surface area contributed by atoms with E-state index in [1.165, 1.54) is 0 Å². The van der Waals surface area contributed by atoms with Crippen LogP contribution < -0.4 is 4.74 Å². The maximum Gasteiger partial charge on any atom is 0.425 e. The van der Waals surface area contributed by atoms with E-state index in [1.54, 1.807) is 22.7 Å². The zero-order chi connectivity index (χ0) is 23.3. The van der Waals surface area contributed by atoms with E-state index in [0.717, 1.165) is 17.8 Å². The lowest BCUT2D eigenvalue weighted by Crippen LogP contribution is -2.31. The molecule has 0 fully saturated rings. The molecular formula is C20H15ClF6N4O2. The van der Waals surface area contributed by atoms with Gasteiger partial charge in [0.1, 0.15) is 11.4 Å². The molecule has 0 aliphatic rings. The van der Waals surface area contributed by atoms with Gasteiger partial charge in [-0.25, -0.2) is 4.98 Å². The number of ether oxygens (including phenoxy) is 1. The van der Waals surface area contributed by atoms with E-state index in [0.29, 0.717) is 24.2 Å². The Labute approximate surface area is 188 Å². The maximum atomic E-state index is 13.5. The molecular weight excluding hydrogens is 478 g/mol. The number of aromatic nitrogens is 4. The number of fused-ring (bicyclic) bond motifs is 1. The molecule has 13 heteroatoms. The number of imidazole rings is 1. The second-order valence-electron chi connectivity index (χ2n) is 7.00. The molecule has 3 aromatic heterocycles. The van der Waals surface area contributed by atoms with Gasteiger partial charge in [-0.1, -0.05) is 5.16 Å². The molecule has 0 aliphatic carbocycles. The third kappa shape index (κ3) is 5.05. The van der Waals surface area contributed by atoms with Gasteiger partial charge in [-0.15, -0.1) is 12.4 Å². The van der Waals surface area contributed by atoms with Crippen LogP contribution in [0.1, 0.15) is 18.2 Å². The Morgan fingerprint density at radius 3 is 2.39 bits per heavy atom. The Balaban J connectivity index is 0.00000306. The number of aryl methyl sites for hydroxylation is 1. The quantitative estimate of drug-likeness (QED) is 0.321. The summed E-state index contributed by atoms with van der Waals surface area (Å²) in [6.45, 7) is 2.44. The molecule has 0 spiro atoms. The zero-order valence-corrected chi connectivity index (χ0v) is 17.7. The molecule has 0 saturated heterocycles. The largest absolute Gasteiger partial charge is 0.481 e. The van der Waals surface area contributed by atoms with Crippen LogP contribution in [0.4, 0.5) is 26.3 Å². The number of halogens is 7. The first-order valence-corrected chi connectivity index (χ1v) is 9.16. The standard InChI is InChI=1S/C20H14F6N4O2.ClH/c1-10-9-30-6-5-12(8-16(30)27-10)17-28-18(32-29-17)13-3-4-15(14(7-13)20(24,25)26)31-11(2)19(21,22)23;/h3-9,11H,1-2H3;1H. The number of rotatable bonds is 4. The smallest absolute Gasteiger partial charge is 0.425 e. The van der Waals surface area contributed by atoms with Crippen molar-refractivity contribution in [1.29, 1.82) is 0 Å². The highest BCUT2D eigenvalue weighted by Gasteiger charge is 2.41. The summed E-state index contributed by atoms with van der Waals surface area (Å²) < 4.78 is 90.0. The summed E-state index contributed by atoms with van der Waals surface area (Å²) in [6, 6.07) is 5.88. The lowest BCUT2D eigenvalue weighted by atomic mass is 10.1. The van der Waals surface area contributed by atoms with Crippen LogP contribution in [0.15, 0.2) is 47.2 Å². The third-order valence-corrected chi connectivity index (χ3v) is 4.56. The molecule has 176 valence electrons. The minimum atomic E-state index is -4.97. The topological polar surface area (TPSA) is 65.5 Å². The van der Waals surface area contributed by atoms with Gasteiger partial charge in [0.25, 0.3) is 5.89 Å². The summed E-state index contributed by atoms with van der Waals surface area (Å²) in [4.78, 5) is 8.43. The second-order valence-corrected chi connectivity index (χ2v) is 7.00. The first-order chi connectivity index (χ1) is 14.9. The van der Waals surface area contributed by atoms with Crippen LogP contribution in [-0.4, -0.2) is 31.8 Å². The Bertz CT molecular complexity index is 1280. The minimum Gasteiger partial charge on any atom is -0.481 e. The molecule has 0 saturated carbocycles. The fourth-order valence-corrected chi connectivity index (χ4v) is 2.95. The van der Waals surface area contributed by atoms with Gasteiger partial charge in [-0.3, -0.25) is 0 Å². The Morgan fingerprint density at radius 2 is 1.73 bits per heavy atom. The Kier molecular flexibility index (Phi) is 6.33. The highest BCUT2D eigenvalue weighted by atomic mass is 35.5. The Morgan fingerprint density at radius 1 is 1.00 bits per heavy atom. The predicted octanol–water partition coefficient (Wildman–Crippen LogP) is 6.13. The van der Waals surface area contributed by atoms with Gasteiger partial charge in [-0.2, -0.15) is 31.3 Å². The minimum absolute atomic E-state index is 0. The molecule has 3 heterocycles. The summed E-state index contributed by atoms with van der Waals surface area (Å²) in [5.74, 6) is -1.08. The zero-order valence-electron chi connectivity index (χ0n) is 16.9. The Hall–Kier alpha value is -3.28. The molecule has 1 aromatic carbocycles. The van der Waals surface area contributed by atoms with Gasteiger partial charge in [0.05, 0.1) is 11.3 Å². The number of alkyl halides is 6. The van der Waals surface area contributed by atoms with Crippen LogP contribution in [0.25, 0.3) is 28.5 Å². The average molecular weight is 493 g/mol. The summed E-state index contributed by atoms with van der Waals surface area (Å²) in [6.07, 6.45) is -8.69. The van der Waals surface area contributed by atoms with Gasteiger partial charge in [-0.05, 0) is 44.2 Å². The SMILES string of the molecule is Cc1cn2ccc(-c3noc(-c4ccc(OC(C)C(F)(F)F)c(C(F)(F)F)c4)n3)cc2n1.Cl. The predicted molar refractivity (Wildman–Crippen MR) is 107 cm³/mol. The highest BCUT2D eigenvalue weighted by Crippen LogP contribution is 2.40. The lowest BCUT2D eigenvalue weighted by molar-refractivity contribution is -0.191. The number of nitrogens with zero attached hydrogens (tertiary/aromatic N) is 4. The van der Waals surface area contributed by atoms with Crippen molar-refractivity contribution in [2.75, 3.05) is 0 Å². The second kappa shape index (κ2) is 8.58. The number of hydrogen-bond acceptors (Lipinski definition) is 5. The lowest BCUT2D eigenvalue weighted by Gasteiger charge is -2.20. The van der Waals surface area contributed by atoms with E-state index in [4.69, 9.17) is 4.52 Å². The third-order valence-electron chi connectivity index (χ3n) is 4.56. The summed E-state index contributed by atoms with van der Waals surface area (Å²) in [7, 11) is 0. The van der Waals surface area contributed by atoms with Crippen molar-refractivity contribution < 1.29 is 35.6 Å². The normalized spacial score (nSPS) is 13.1. The van der Waals surface area contributed by atoms with E-state index in [9.17, 15) is 26.3 Å². The van der Waals surface area contributed by atoms with Crippen LogP contribution in [0, 0.1) is 6.92 Å². The first kappa shape index (κ1) is 24.4. The van der Waals surface area contributed by atoms with Crippen LogP contribution in [0.3, 0.4) is 0 Å². The maximum absolute atomic E-state index is 13.5. The van der Waals surface area contributed by atoms with E-state index < -0.39 is 29.8 Å². The van der Waals surface area contributed by atoms with Crippen molar-refractivity contribution >= 4 is 18.1 Å². The highest BCUT2D eigenvalue weighted by molar-refractivity contribution is 5.85. The van der Waals surface area contributed by atoms with Gasteiger partial charge in [0.15, 0.2) is 6.10 Å². The monoisotopic (exact) mass is 492 g/mol. The summed E-state index contributed by atoms with van der Waals surface area (Å²) in [5, 5.41) is 3.79. The van der Waals surface area contributed by atoms with E-state index in [-0.39, 0.29) is 29.7 Å². The van der Waals surface area contributed by atoms with E-state index in [2.05, 4.69) is 19.9 Å². The fourth-order valence-electron chi connectivity index (χ4n) is 2.95. The summed E-state index contributed by atoms with van der Waals surface area (Å²) in [5.41, 5.74) is 0.415. The molecule has 0 aliphatic heterocycles. The molecule has 6 nitrogen and oxygen atoms in total. The average Bonchev–Trinajstić information content (AvgIpc) is 3.32. The molecule has 0 bridgehead atoms. The van der Waals surface area contributed by atoms with Gasteiger partial charge in [0, 0.05) is 23.5 Å². The van der Waals surface area contributed by atoms with Crippen LogP contribution in [0.2, 0.25) is 0 Å². The summed E-state index contributed by atoms with van der Waals surface area (Å²) >= 11 is 0. The molecule has 4 aromatic rings. The van der Waals surface area contributed by atoms with Crippen LogP contribution >= 0.6 is 12.4 Å². The van der Waals surface area contributed by atoms with Crippen molar-refractivity contribution in [3.63, 3.8) is 0 Å². The van der Waals surface area contributed by atoms with Crippen molar-refractivity contribution in [3.05, 3.63) is 54.0 Å². The van der Waals surface area contributed by atoms with Gasteiger partial charge < -0.3 is 13.7 Å². The molecule has 1 unspecified atom stereocenters. The molecule has 1 atom stereocenters. The van der Waals surface area contributed by atoms with Crippen LogP contribution in [-0.2, 0) is 6.18 Å². The van der Waals surface area contributed by atoms with Crippen molar-refractivity contribution in [2.24, 2.45) is 0 Å². The van der Waals surface area contributed by atoms with Gasteiger partial charge in [0.2, 0.25) is 5.82 Å². The first-order valence-electron chi connectivity index (χ1n) is 9.16. The number of benzene rings is 1. The van der Waals surface area contributed by atoms with Crippen LogP contribution in [0.5, 0.6) is 5.75 Å².